The predicted molar refractivity (Wildman–Crippen MR) is 61.7 cm³/mol. The molecule has 1 N–H and O–H groups in total. The molecule has 0 saturated carbocycles. The summed E-state index contributed by atoms with van der Waals surface area (Å²) in [5.41, 5.74) is 3.65. The van der Waals surface area contributed by atoms with E-state index in [1.165, 1.54) is 24.0 Å². The number of aromatic nitrogens is 1. The molecule has 1 nitrogen and oxygen atoms in total. The Balaban J connectivity index is 0.00000169. The van der Waals surface area contributed by atoms with E-state index < -0.39 is 0 Å². The van der Waals surface area contributed by atoms with Crippen LogP contribution >= 0.6 is 0 Å². The average molecular weight is 177 g/mol. The molecule has 72 valence electrons. The van der Waals surface area contributed by atoms with E-state index >= 15 is 0 Å². The third kappa shape index (κ3) is 2.11. The Labute approximate surface area is 81.7 Å². The quantitative estimate of drug-likeness (QED) is 0.702. The van der Waals surface area contributed by atoms with E-state index in [0.29, 0.717) is 0 Å². The molecule has 13 heavy (non-hydrogen) atoms. The van der Waals surface area contributed by atoms with Crippen molar-refractivity contribution >= 4 is 12.2 Å². The molecule has 0 unspecified atom stereocenters. The van der Waals surface area contributed by atoms with Gasteiger partial charge in [0.2, 0.25) is 0 Å². The van der Waals surface area contributed by atoms with Gasteiger partial charge in [-0.25, -0.2) is 0 Å². The average Bonchev–Trinajstić information content (AvgIpc) is 2.56. The Morgan fingerprint density at radius 1 is 1.46 bits per heavy atom. The molecule has 0 bridgehead atoms. The Kier molecular flexibility index (Phi) is 3.56. The molecule has 1 aromatic rings. The molecule has 0 saturated heterocycles. The van der Waals surface area contributed by atoms with Crippen molar-refractivity contribution in [3.63, 3.8) is 0 Å². The third-order valence-electron chi connectivity index (χ3n) is 2.25. The molecule has 0 fully saturated rings. The molecular weight excluding hydrogens is 158 g/mol. The van der Waals surface area contributed by atoms with Gasteiger partial charge in [-0.3, -0.25) is 0 Å². The maximum atomic E-state index is 3.81. The fraction of sp³-hybridized carbons (Fsp3) is 0.333. The highest BCUT2D eigenvalue weighted by molar-refractivity contribution is 5.64. The Morgan fingerprint density at radius 3 is 2.77 bits per heavy atom. The first kappa shape index (κ1) is 9.85. The standard InChI is InChI=1S/C12H17N.H2/c1-4-7-8-10-9-13-12(6-3)11(10)5-2;/h5-6,9,13H,2-4,7-8H2,1H3;1H. The summed E-state index contributed by atoms with van der Waals surface area (Å²) >= 11 is 0. The van der Waals surface area contributed by atoms with Gasteiger partial charge in [-0.2, -0.15) is 0 Å². The molecule has 0 aliphatic heterocycles. The van der Waals surface area contributed by atoms with Gasteiger partial charge < -0.3 is 4.98 Å². The highest BCUT2D eigenvalue weighted by Crippen LogP contribution is 2.18. The summed E-state index contributed by atoms with van der Waals surface area (Å²) < 4.78 is 0. The minimum absolute atomic E-state index is 0. The number of H-pyrrole nitrogens is 1. The second kappa shape index (κ2) is 4.70. The van der Waals surface area contributed by atoms with Gasteiger partial charge >= 0.3 is 0 Å². The molecule has 1 heteroatoms. The van der Waals surface area contributed by atoms with Crippen LogP contribution in [-0.4, -0.2) is 4.98 Å². The number of aromatic amines is 1. The first-order valence-electron chi connectivity index (χ1n) is 4.78. The molecule has 1 aromatic heterocycles. The van der Waals surface area contributed by atoms with Crippen molar-refractivity contribution in [1.82, 2.24) is 4.98 Å². The number of aryl methyl sites for hydroxylation is 1. The zero-order chi connectivity index (χ0) is 9.68. The highest BCUT2D eigenvalue weighted by Gasteiger charge is 2.04. The van der Waals surface area contributed by atoms with Crippen LogP contribution in [0.4, 0.5) is 0 Å². The predicted octanol–water partition coefficient (Wildman–Crippen LogP) is 3.89. The van der Waals surface area contributed by atoms with Crippen molar-refractivity contribution in [2.75, 3.05) is 0 Å². The van der Waals surface area contributed by atoms with Crippen LogP contribution in [0.2, 0.25) is 0 Å². The molecular formula is C12H19N. The van der Waals surface area contributed by atoms with Crippen molar-refractivity contribution in [3.05, 3.63) is 36.2 Å². The lowest BCUT2D eigenvalue weighted by Crippen LogP contribution is -1.84. The summed E-state index contributed by atoms with van der Waals surface area (Å²) in [5, 5.41) is 0. The summed E-state index contributed by atoms with van der Waals surface area (Å²) in [6.07, 6.45) is 9.39. The first-order valence-corrected chi connectivity index (χ1v) is 4.78. The first-order chi connectivity index (χ1) is 6.33. The van der Waals surface area contributed by atoms with Crippen LogP contribution in [0.15, 0.2) is 19.4 Å². The fourth-order valence-corrected chi connectivity index (χ4v) is 1.48. The molecule has 0 aliphatic rings. The topological polar surface area (TPSA) is 15.8 Å². The smallest absolute Gasteiger partial charge is 0.0450 e. The van der Waals surface area contributed by atoms with Crippen LogP contribution < -0.4 is 0 Å². The molecule has 1 heterocycles. The van der Waals surface area contributed by atoms with E-state index in [1.807, 2.05) is 12.2 Å². The molecule has 1 rings (SSSR count). The maximum Gasteiger partial charge on any atom is 0.0450 e. The van der Waals surface area contributed by atoms with Crippen LogP contribution in [-0.2, 0) is 6.42 Å². The monoisotopic (exact) mass is 177 g/mol. The lowest BCUT2D eigenvalue weighted by Gasteiger charge is -1.98. The third-order valence-corrected chi connectivity index (χ3v) is 2.25. The van der Waals surface area contributed by atoms with E-state index in [1.54, 1.807) is 0 Å². The Morgan fingerprint density at radius 2 is 2.23 bits per heavy atom. The number of nitrogens with one attached hydrogen (secondary N) is 1. The van der Waals surface area contributed by atoms with Crippen LogP contribution in [0, 0.1) is 0 Å². The minimum Gasteiger partial charge on any atom is -0.361 e. The van der Waals surface area contributed by atoms with Crippen LogP contribution in [0.3, 0.4) is 0 Å². The van der Waals surface area contributed by atoms with Crippen LogP contribution in [0.1, 0.15) is 38.0 Å². The van der Waals surface area contributed by atoms with Crippen LogP contribution in [0.5, 0.6) is 0 Å². The summed E-state index contributed by atoms with van der Waals surface area (Å²) in [7, 11) is 0. The number of hydrogen-bond acceptors (Lipinski definition) is 0. The van der Waals surface area contributed by atoms with Gasteiger partial charge in [0.05, 0.1) is 0 Å². The number of unbranched alkanes of at least 4 members (excludes halogenated alkanes) is 1. The van der Waals surface area contributed by atoms with Crippen LogP contribution in [0.25, 0.3) is 12.2 Å². The lowest BCUT2D eigenvalue weighted by molar-refractivity contribution is 0.795. The van der Waals surface area contributed by atoms with Crippen molar-refractivity contribution in [2.24, 2.45) is 0 Å². The van der Waals surface area contributed by atoms with E-state index in [-0.39, 0.29) is 1.43 Å². The minimum atomic E-state index is 0. The van der Waals surface area contributed by atoms with Gasteiger partial charge in [0.1, 0.15) is 0 Å². The molecule has 0 radical (unpaired) electrons. The molecule has 0 aliphatic carbocycles. The Hall–Kier alpha value is -1.24. The maximum absolute atomic E-state index is 3.81. The summed E-state index contributed by atoms with van der Waals surface area (Å²) in [5.74, 6) is 0. The van der Waals surface area contributed by atoms with Gasteiger partial charge in [-0.15, -0.1) is 0 Å². The van der Waals surface area contributed by atoms with Crippen molar-refractivity contribution in [3.8, 4) is 0 Å². The van der Waals surface area contributed by atoms with Gasteiger partial charge in [0.15, 0.2) is 0 Å². The summed E-state index contributed by atoms with van der Waals surface area (Å²) in [6, 6.07) is 0. The van der Waals surface area contributed by atoms with E-state index in [2.05, 4.69) is 31.3 Å². The van der Waals surface area contributed by atoms with Gasteiger partial charge in [0.25, 0.3) is 0 Å². The van der Waals surface area contributed by atoms with E-state index in [9.17, 15) is 0 Å². The SMILES string of the molecule is C=Cc1[nH]cc(CCCC)c1C=C.[HH]. The normalized spacial score (nSPS) is 9.92. The van der Waals surface area contributed by atoms with Crippen molar-refractivity contribution < 1.29 is 1.43 Å². The summed E-state index contributed by atoms with van der Waals surface area (Å²) in [4.78, 5) is 3.19. The molecule has 0 aromatic carbocycles. The summed E-state index contributed by atoms with van der Waals surface area (Å²) in [6.45, 7) is 9.77. The molecule has 0 spiro atoms. The van der Waals surface area contributed by atoms with Gasteiger partial charge in [-0.1, -0.05) is 32.6 Å². The molecule has 0 amide bonds. The van der Waals surface area contributed by atoms with E-state index in [4.69, 9.17) is 0 Å². The molecule has 0 atom stereocenters. The largest absolute Gasteiger partial charge is 0.361 e. The zero-order valence-corrected chi connectivity index (χ0v) is 8.27. The van der Waals surface area contributed by atoms with Crippen molar-refractivity contribution in [2.45, 2.75) is 26.2 Å². The lowest BCUT2D eigenvalue weighted by atomic mass is 10.1. The fourth-order valence-electron chi connectivity index (χ4n) is 1.48. The van der Waals surface area contributed by atoms with Gasteiger partial charge in [-0.05, 0) is 24.5 Å². The number of rotatable bonds is 5. The number of hydrogen-bond donors (Lipinski definition) is 1. The van der Waals surface area contributed by atoms with E-state index in [0.717, 1.165) is 12.1 Å². The second-order valence-corrected chi connectivity index (χ2v) is 3.15. The highest BCUT2D eigenvalue weighted by atomic mass is 14.7. The Bertz CT molecular complexity index is 299. The van der Waals surface area contributed by atoms with Gasteiger partial charge in [0, 0.05) is 18.9 Å². The second-order valence-electron chi connectivity index (χ2n) is 3.15. The zero-order valence-electron chi connectivity index (χ0n) is 8.27. The van der Waals surface area contributed by atoms with Crippen molar-refractivity contribution in [1.29, 1.82) is 0 Å².